The van der Waals surface area contributed by atoms with Gasteiger partial charge < -0.3 is 10.2 Å². The molecule has 1 saturated heterocycles. The predicted octanol–water partition coefficient (Wildman–Crippen LogP) is 2.40. The molecule has 1 aromatic carbocycles. The molecule has 0 aliphatic carbocycles. The van der Waals surface area contributed by atoms with E-state index < -0.39 is 0 Å². The van der Waals surface area contributed by atoms with E-state index in [2.05, 4.69) is 48.3 Å². The van der Waals surface area contributed by atoms with E-state index in [9.17, 15) is 0 Å². The molecule has 1 heterocycles. The highest BCUT2D eigenvalue weighted by atomic mass is 32.1. The molecule has 2 atom stereocenters. The molecule has 1 unspecified atom stereocenters. The van der Waals surface area contributed by atoms with Crippen molar-refractivity contribution in [1.82, 2.24) is 5.32 Å². The maximum atomic E-state index is 5.48. The highest BCUT2D eigenvalue weighted by Gasteiger charge is 2.26. The van der Waals surface area contributed by atoms with E-state index in [0.717, 1.165) is 24.4 Å². The first kappa shape index (κ1) is 16.2. The summed E-state index contributed by atoms with van der Waals surface area (Å²) < 4.78 is 0. The summed E-state index contributed by atoms with van der Waals surface area (Å²) in [4.78, 5) is 3.80. The van der Waals surface area contributed by atoms with Gasteiger partial charge in [-0.05, 0) is 37.2 Å². The van der Waals surface area contributed by atoms with Gasteiger partial charge in [0.05, 0.1) is 6.54 Å². The normalized spacial score (nSPS) is 20.2. The lowest BCUT2D eigenvalue weighted by Gasteiger charge is -2.36. The first-order valence-corrected chi connectivity index (χ1v) is 8.59. The third kappa shape index (κ3) is 4.68. The Morgan fingerprint density at radius 2 is 2.05 bits per heavy atom. The number of rotatable bonds is 7. The molecule has 2 rings (SSSR count). The van der Waals surface area contributed by atoms with Crippen molar-refractivity contribution in [3.63, 3.8) is 0 Å². The molecule has 116 valence electrons. The van der Waals surface area contributed by atoms with Crippen molar-refractivity contribution in [1.29, 1.82) is 0 Å². The van der Waals surface area contributed by atoms with E-state index in [1.54, 1.807) is 4.90 Å². The monoisotopic (exact) mass is 306 g/mol. The van der Waals surface area contributed by atoms with Crippen LogP contribution in [0.5, 0.6) is 0 Å². The molecule has 0 radical (unpaired) electrons. The van der Waals surface area contributed by atoms with Crippen LogP contribution in [0, 0.1) is 5.92 Å². The number of benzene rings is 1. The van der Waals surface area contributed by atoms with Crippen LogP contribution in [-0.4, -0.2) is 25.0 Å². The van der Waals surface area contributed by atoms with E-state index >= 15 is 0 Å². The minimum atomic E-state index is 0.825. The van der Waals surface area contributed by atoms with Gasteiger partial charge in [0.2, 0.25) is 0 Å². The van der Waals surface area contributed by atoms with Gasteiger partial charge in [-0.1, -0.05) is 44.9 Å². The maximum Gasteiger partial charge on any atom is 0.182 e. The van der Waals surface area contributed by atoms with Gasteiger partial charge in [0.25, 0.3) is 0 Å². The van der Waals surface area contributed by atoms with E-state index in [-0.39, 0.29) is 0 Å². The summed E-state index contributed by atoms with van der Waals surface area (Å²) in [5.74, 6) is 0.825. The zero-order valence-electron chi connectivity index (χ0n) is 13.3. The SMILES string of the molecule is CCCC[C@H](CC)C[NH+]1CNC(=S)N(c2ccccc2)C1. The molecule has 4 heteroatoms. The smallest absolute Gasteiger partial charge is 0.182 e. The molecule has 1 aliphatic rings. The lowest BCUT2D eigenvalue weighted by atomic mass is 9.99. The Balaban J connectivity index is 1.95. The number of hydrogen-bond donors (Lipinski definition) is 2. The van der Waals surface area contributed by atoms with Crippen molar-refractivity contribution in [2.45, 2.75) is 39.5 Å². The minimum Gasteiger partial charge on any atom is -0.315 e. The number of thiocarbonyl (C=S) groups is 1. The van der Waals surface area contributed by atoms with E-state index in [0.29, 0.717) is 0 Å². The first-order valence-electron chi connectivity index (χ1n) is 8.18. The average molecular weight is 306 g/mol. The highest BCUT2D eigenvalue weighted by Crippen LogP contribution is 2.14. The number of para-hydroxylation sites is 1. The largest absolute Gasteiger partial charge is 0.315 e. The lowest BCUT2D eigenvalue weighted by Crippen LogP contribution is -3.17. The van der Waals surface area contributed by atoms with E-state index in [1.165, 1.54) is 37.9 Å². The number of quaternary nitrogens is 1. The fraction of sp³-hybridized carbons (Fsp3) is 0.588. The Hall–Kier alpha value is -1.13. The molecule has 1 aliphatic heterocycles. The molecule has 0 amide bonds. The molecule has 21 heavy (non-hydrogen) atoms. The fourth-order valence-corrected chi connectivity index (χ4v) is 3.19. The minimum absolute atomic E-state index is 0.825. The van der Waals surface area contributed by atoms with E-state index in [1.807, 2.05) is 6.07 Å². The molecule has 1 aromatic rings. The first-order chi connectivity index (χ1) is 10.2. The van der Waals surface area contributed by atoms with Crippen molar-refractivity contribution in [3.8, 4) is 0 Å². The summed E-state index contributed by atoms with van der Waals surface area (Å²) in [7, 11) is 0. The van der Waals surface area contributed by atoms with Gasteiger partial charge in [-0.2, -0.15) is 0 Å². The molecule has 2 N–H and O–H groups in total. The summed E-state index contributed by atoms with van der Waals surface area (Å²) in [6, 6.07) is 10.5. The van der Waals surface area contributed by atoms with Crippen molar-refractivity contribution < 1.29 is 4.90 Å². The number of nitrogens with one attached hydrogen (secondary N) is 2. The Labute approximate surface area is 134 Å². The number of hydrogen-bond acceptors (Lipinski definition) is 1. The fourth-order valence-electron chi connectivity index (χ4n) is 2.95. The van der Waals surface area contributed by atoms with Crippen molar-refractivity contribution in [2.75, 3.05) is 24.8 Å². The maximum absolute atomic E-state index is 5.48. The summed E-state index contributed by atoms with van der Waals surface area (Å²) in [5, 5.41) is 4.24. The second kappa shape index (κ2) is 8.35. The molecule has 0 bridgehead atoms. The number of anilines is 1. The van der Waals surface area contributed by atoms with Crippen LogP contribution in [0.4, 0.5) is 5.69 Å². The highest BCUT2D eigenvalue weighted by molar-refractivity contribution is 7.80. The third-order valence-electron chi connectivity index (χ3n) is 4.30. The molecule has 0 spiro atoms. The standard InChI is InChI=1S/C17H27N3S/c1-3-5-9-15(4-2)12-19-13-18-17(21)20(14-19)16-10-7-6-8-11-16/h6-8,10-11,15H,3-5,9,12-14H2,1-2H3,(H,18,21)/p+1/t15-/m0/s1. The van der Waals surface area contributed by atoms with Gasteiger partial charge in [0.15, 0.2) is 18.4 Å². The van der Waals surface area contributed by atoms with Crippen LogP contribution in [-0.2, 0) is 0 Å². The second-order valence-electron chi connectivity index (χ2n) is 5.95. The quantitative estimate of drug-likeness (QED) is 0.755. The Kier molecular flexibility index (Phi) is 6.46. The van der Waals surface area contributed by atoms with Crippen LogP contribution in [0.15, 0.2) is 30.3 Å². The summed E-state index contributed by atoms with van der Waals surface area (Å²) in [5.41, 5.74) is 1.19. The lowest BCUT2D eigenvalue weighted by molar-refractivity contribution is -0.906. The van der Waals surface area contributed by atoms with Gasteiger partial charge >= 0.3 is 0 Å². The van der Waals surface area contributed by atoms with Gasteiger partial charge in [-0.15, -0.1) is 0 Å². The number of nitrogens with zero attached hydrogens (tertiary/aromatic N) is 1. The van der Waals surface area contributed by atoms with Crippen LogP contribution in [0.2, 0.25) is 0 Å². The van der Waals surface area contributed by atoms with Gasteiger partial charge in [-0.25, -0.2) is 0 Å². The van der Waals surface area contributed by atoms with Crippen LogP contribution in [0.25, 0.3) is 0 Å². The second-order valence-corrected chi connectivity index (χ2v) is 6.34. The molecule has 0 aromatic heterocycles. The zero-order chi connectivity index (χ0) is 15.1. The Morgan fingerprint density at radius 3 is 2.71 bits per heavy atom. The van der Waals surface area contributed by atoms with Gasteiger partial charge in [0.1, 0.15) is 0 Å². The van der Waals surface area contributed by atoms with Crippen LogP contribution >= 0.6 is 12.2 Å². The van der Waals surface area contributed by atoms with Gasteiger partial charge in [0, 0.05) is 11.6 Å². The van der Waals surface area contributed by atoms with E-state index in [4.69, 9.17) is 12.2 Å². The molecule has 1 fully saturated rings. The molecule has 0 saturated carbocycles. The topological polar surface area (TPSA) is 19.7 Å². The van der Waals surface area contributed by atoms with Gasteiger partial charge in [-0.3, -0.25) is 4.90 Å². The number of unbranched alkanes of at least 4 members (excludes halogenated alkanes) is 1. The van der Waals surface area contributed by atoms with Crippen molar-refractivity contribution in [2.24, 2.45) is 5.92 Å². The van der Waals surface area contributed by atoms with Crippen LogP contribution in [0.3, 0.4) is 0 Å². The van der Waals surface area contributed by atoms with Crippen molar-refractivity contribution >= 4 is 23.0 Å². The summed E-state index contributed by atoms with van der Waals surface area (Å²) in [6.45, 7) is 7.74. The summed E-state index contributed by atoms with van der Waals surface area (Å²) in [6.07, 6.45) is 5.27. The summed E-state index contributed by atoms with van der Waals surface area (Å²) >= 11 is 5.48. The average Bonchev–Trinajstić information content (AvgIpc) is 2.53. The molecular weight excluding hydrogens is 278 g/mol. The molecule has 3 nitrogen and oxygen atoms in total. The Morgan fingerprint density at radius 1 is 1.29 bits per heavy atom. The van der Waals surface area contributed by atoms with Crippen LogP contribution in [0.1, 0.15) is 39.5 Å². The predicted molar refractivity (Wildman–Crippen MR) is 93.5 cm³/mol. The van der Waals surface area contributed by atoms with Crippen LogP contribution < -0.4 is 15.1 Å². The molecular formula is C17H28N3S+. The Bertz CT molecular complexity index is 435. The van der Waals surface area contributed by atoms with Crippen molar-refractivity contribution in [3.05, 3.63) is 30.3 Å². The third-order valence-corrected chi connectivity index (χ3v) is 4.67. The zero-order valence-corrected chi connectivity index (χ0v) is 14.1.